The fraction of sp³-hybridized carbons (Fsp3) is 0.368. The molecule has 0 aliphatic carbocycles. The fourth-order valence-corrected chi connectivity index (χ4v) is 6.70. The molecule has 166 valence electrons. The highest BCUT2D eigenvalue weighted by atomic mass is 79.9. The van der Waals surface area contributed by atoms with Crippen LogP contribution in [0.2, 0.25) is 0 Å². The van der Waals surface area contributed by atoms with Gasteiger partial charge in [-0.15, -0.1) is 0 Å². The van der Waals surface area contributed by atoms with Crippen LogP contribution in [0, 0.1) is 5.92 Å². The highest BCUT2D eigenvalue weighted by molar-refractivity contribution is 9.10. The molecule has 0 amide bonds. The third kappa shape index (κ3) is 4.11. The Bertz CT molecular complexity index is 1100. The minimum Gasteiger partial charge on any atom is -0.508 e. The highest BCUT2D eigenvalue weighted by Crippen LogP contribution is 2.58. The van der Waals surface area contributed by atoms with Gasteiger partial charge in [0.25, 0.3) is 0 Å². The lowest BCUT2D eigenvalue weighted by Gasteiger charge is -2.42. The van der Waals surface area contributed by atoms with E-state index in [1.54, 1.807) is 12.1 Å². The van der Waals surface area contributed by atoms with Crippen LogP contribution >= 0.6 is 39.0 Å². The number of H-pyrrole nitrogens is 1. The molecule has 1 aromatic carbocycles. The van der Waals surface area contributed by atoms with Crippen molar-refractivity contribution in [2.24, 2.45) is 5.92 Å². The quantitative estimate of drug-likeness (QED) is 0.440. The standard InChI is InChI=1S/C19H18BrNO8S2/c1-27-11(23)7-19(17(25)29-3)13(16(24)28-2)12(9-6-8(20)4-5-10(9)22)14-15(31-19)21-18(26)30-14/h4-6,12-13,22H,7H2,1-3H3,(H,21,26)/t12-,13+,19-/m1/s1. The number of carbonyl (C=O) groups excluding carboxylic acids is 3. The van der Waals surface area contributed by atoms with Crippen LogP contribution in [-0.4, -0.2) is 54.1 Å². The Balaban J connectivity index is 2.39. The van der Waals surface area contributed by atoms with Gasteiger partial charge in [-0.1, -0.05) is 39.0 Å². The molecule has 3 rings (SSSR count). The summed E-state index contributed by atoms with van der Waals surface area (Å²) < 4.78 is 13.6. The minimum absolute atomic E-state index is 0.155. The second-order valence-corrected chi connectivity index (χ2v) is 9.90. The van der Waals surface area contributed by atoms with Crippen molar-refractivity contribution in [2.75, 3.05) is 21.3 Å². The van der Waals surface area contributed by atoms with Gasteiger partial charge in [-0.05, 0) is 18.2 Å². The summed E-state index contributed by atoms with van der Waals surface area (Å²) in [6.45, 7) is 0. The topological polar surface area (TPSA) is 132 Å². The number of carbonyl (C=O) groups is 3. The number of methoxy groups -OCH3 is 3. The van der Waals surface area contributed by atoms with Crippen LogP contribution in [0.1, 0.15) is 22.8 Å². The van der Waals surface area contributed by atoms with Crippen LogP contribution < -0.4 is 4.87 Å². The molecule has 0 radical (unpaired) electrons. The molecule has 0 saturated carbocycles. The van der Waals surface area contributed by atoms with E-state index in [9.17, 15) is 24.3 Å². The summed E-state index contributed by atoms with van der Waals surface area (Å²) in [7, 11) is 3.44. The predicted molar refractivity (Wildman–Crippen MR) is 115 cm³/mol. The monoisotopic (exact) mass is 531 g/mol. The molecule has 0 fully saturated rings. The minimum atomic E-state index is -1.81. The normalized spacial score (nSPS) is 22.3. The van der Waals surface area contributed by atoms with Gasteiger partial charge in [-0.25, -0.2) is 0 Å². The molecule has 12 heteroatoms. The van der Waals surface area contributed by atoms with Gasteiger partial charge in [0.1, 0.15) is 10.5 Å². The largest absolute Gasteiger partial charge is 0.508 e. The number of fused-ring (bicyclic) bond motifs is 1. The van der Waals surface area contributed by atoms with E-state index in [1.165, 1.54) is 6.07 Å². The smallest absolute Gasteiger partial charge is 0.323 e. The van der Waals surface area contributed by atoms with Gasteiger partial charge in [0.15, 0.2) is 0 Å². The SMILES string of the molecule is COC(=O)C[C@@]1(C(=O)OC)Sc2[nH]c(=O)sc2[C@H](c2cc(Br)ccc2O)[C@H]1C(=O)OC. The van der Waals surface area contributed by atoms with Crippen molar-refractivity contribution < 1.29 is 33.7 Å². The van der Waals surface area contributed by atoms with Crippen LogP contribution in [0.3, 0.4) is 0 Å². The Morgan fingerprint density at radius 3 is 2.52 bits per heavy atom. The van der Waals surface area contributed by atoms with Crippen LogP contribution in [0.15, 0.2) is 32.5 Å². The third-order valence-electron chi connectivity index (χ3n) is 4.99. The zero-order valence-corrected chi connectivity index (χ0v) is 19.8. The first-order chi connectivity index (χ1) is 14.7. The number of phenols is 1. The highest BCUT2D eigenvalue weighted by Gasteiger charge is 2.61. The number of aromatic hydroxyl groups is 1. The Morgan fingerprint density at radius 1 is 1.19 bits per heavy atom. The van der Waals surface area contributed by atoms with Gasteiger partial charge in [0, 0.05) is 20.8 Å². The Kier molecular flexibility index (Phi) is 6.82. The summed E-state index contributed by atoms with van der Waals surface area (Å²) >= 11 is 5.04. The van der Waals surface area contributed by atoms with E-state index in [2.05, 4.69) is 20.9 Å². The summed E-state index contributed by atoms with van der Waals surface area (Å²) in [5.74, 6) is -4.88. The zero-order valence-electron chi connectivity index (χ0n) is 16.6. The Morgan fingerprint density at radius 2 is 1.90 bits per heavy atom. The number of benzene rings is 1. The molecular weight excluding hydrogens is 514 g/mol. The number of aromatic amines is 1. The number of esters is 3. The van der Waals surface area contributed by atoms with Gasteiger partial charge in [0.05, 0.1) is 38.7 Å². The molecular formula is C19H18BrNO8S2. The number of rotatable bonds is 5. The molecule has 0 spiro atoms. The van der Waals surface area contributed by atoms with Crippen molar-refractivity contribution >= 4 is 56.9 Å². The van der Waals surface area contributed by atoms with Crippen LogP contribution in [-0.2, 0) is 28.6 Å². The summed E-state index contributed by atoms with van der Waals surface area (Å²) in [6.07, 6.45) is -0.525. The van der Waals surface area contributed by atoms with E-state index in [1.807, 2.05) is 0 Å². The molecule has 1 aliphatic heterocycles. The second-order valence-electron chi connectivity index (χ2n) is 6.63. The van der Waals surface area contributed by atoms with Gasteiger partial charge in [0.2, 0.25) is 0 Å². The van der Waals surface area contributed by atoms with Crippen molar-refractivity contribution in [1.29, 1.82) is 0 Å². The van der Waals surface area contributed by atoms with Gasteiger partial charge in [-0.3, -0.25) is 19.2 Å². The number of phenolic OH excluding ortho intramolecular Hbond substituents is 1. The van der Waals surface area contributed by atoms with Crippen molar-refractivity contribution in [3.05, 3.63) is 42.8 Å². The molecule has 2 N–H and O–H groups in total. The summed E-state index contributed by atoms with van der Waals surface area (Å²) in [5.41, 5.74) is 0.278. The molecule has 3 atom stereocenters. The van der Waals surface area contributed by atoms with Crippen LogP contribution in [0.4, 0.5) is 0 Å². The number of hydrogen-bond donors (Lipinski definition) is 2. The number of aromatic nitrogens is 1. The van der Waals surface area contributed by atoms with Crippen LogP contribution in [0.5, 0.6) is 5.75 Å². The number of thioether (sulfide) groups is 1. The Labute approximate surface area is 193 Å². The van der Waals surface area contributed by atoms with Crippen LogP contribution in [0.25, 0.3) is 0 Å². The maximum Gasteiger partial charge on any atom is 0.323 e. The lowest BCUT2D eigenvalue weighted by atomic mass is 9.74. The molecule has 9 nitrogen and oxygen atoms in total. The molecule has 2 heterocycles. The molecule has 31 heavy (non-hydrogen) atoms. The lowest BCUT2D eigenvalue weighted by molar-refractivity contribution is -0.159. The lowest BCUT2D eigenvalue weighted by Crippen LogP contribution is -2.53. The number of ether oxygens (including phenoxy) is 3. The number of nitrogens with one attached hydrogen (secondary N) is 1. The maximum atomic E-state index is 13.1. The molecule has 1 aromatic heterocycles. The zero-order chi connectivity index (χ0) is 22.9. The first kappa shape index (κ1) is 23.4. The van der Waals surface area contributed by atoms with Crippen molar-refractivity contribution in [3.63, 3.8) is 0 Å². The maximum absolute atomic E-state index is 13.1. The summed E-state index contributed by atoms with van der Waals surface area (Å²) in [6, 6.07) is 4.61. The summed E-state index contributed by atoms with van der Waals surface area (Å²) in [5, 5.41) is 10.9. The average Bonchev–Trinajstić information content (AvgIpc) is 3.12. The molecule has 0 saturated heterocycles. The predicted octanol–water partition coefficient (Wildman–Crippen LogP) is 2.41. The first-order valence-corrected chi connectivity index (χ1v) is 11.2. The van der Waals surface area contributed by atoms with E-state index in [0.717, 1.165) is 44.4 Å². The first-order valence-electron chi connectivity index (χ1n) is 8.82. The molecule has 2 aromatic rings. The van der Waals surface area contributed by atoms with E-state index in [-0.39, 0.29) is 11.3 Å². The van der Waals surface area contributed by atoms with E-state index in [0.29, 0.717) is 14.4 Å². The second kappa shape index (κ2) is 9.05. The van der Waals surface area contributed by atoms with Gasteiger partial charge >= 0.3 is 22.8 Å². The average molecular weight is 532 g/mol. The van der Waals surface area contributed by atoms with E-state index >= 15 is 0 Å². The molecule has 0 bridgehead atoms. The number of thiazole rings is 1. The fourth-order valence-electron chi connectivity index (χ4n) is 3.67. The van der Waals surface area contributed by atoms with Gasteiger partial charge < -0.3 is 24.3 Å². The van der Waals surface area contributed by atoms with E-state index in [4.69, 9.17) is 14.2 Å². The van der Waals surface area contributed by atoms with Gasteiger partial charge in [-0.2, -0.15) is 0 Å². The molecule has 1 aliphatic rings. The number of hydrogen-bond acceptors (Lipinski definition) is 10. The summed E-state index contributed by atoms with van der Waals surface area (Å²) in [4.78, 5) is 53.4. The van der Waals surface area contributed by atoms with E-state index < -0.39 is 45.8 Å². The van der Waals surface area contributed by atoms with Crippen molar-refractivity contribution in [2.45, 2.75) is 22.1 Å². The van der Waals surface area contributed by atoms with Crippen molar-refractivity contribution in [3.8, 4) is 5.75 Å². The molecule has 0 unspecified atom stereocenters. The van der Waals surface area contributed by atoms with Crippen molar-refractivity contribution in [1.82, 2.24) is 4.98 Å². The Hall–Kier alpha value is -2.31. The number of halogens is 1. The third-order valence-corrected chi connectivity index (χ3v) is 8.03.